The van der Waals surface area contributed by atoms with Gasteiger partial charge < -0.3 is 36.4 Å². The fourth-order valence-corrected chi connectivity index (χ4v) is 9.10. The van der Waals surface area contributed by atoms with E-state index in [2.05, 4.69) is 26.6 Å². The number of carbonyl (C=O) groups is 5. The second kappa shape index (κ2) is 24.7. The Morgan fingerprint density at radius 1 is 0.705 bits per heavy atom. The molecule has 2 aliphatic carbocycles. The number of amides is 5. The third-order valence-electron chi connectivity index (χ3n) is 12.7. The van der Waals surface area contributed by atoms with E-state index >= 15 is 0 Å². The van der Waals surface area contributed by atoms with E-state index in [0.717, 1.165) is 68.9 Å². The van der Waals surface area contributed by atoms with Gasteiger partial charge in [0, 0.05) is 55.9 Å². The van der Waals surface area contributed by atoms with Crippen molar-refractivity contribution in [1.29, 1.82) is 0 Å². The number of nitrogens with one attached hydrogen (secondary N) is 5. The molecule has 61 heavy (non-hydrogen) atoms. The Hall–Kier alpha value is -4.61. The zero-order valence-electron chi connectivity index (χ0n) is 37.7. The van der Waals surface area contributed by atoms with Gasteiger partial charge in [0.25, 0.3) is 0 Å². The van der Waals surface area contributed by atoms with E-state index in [4.69, 9.17) is 4.74 Å². The Labute approximate surface area is 364 Å². The van der Waals surface area contributed by atoms with Gasteiger partial charge in [0.2, 0.25) is 23.6 Å². The topological polar surface area (TPSA) is 175 Å². The van der Waals surface area contributed by atoms with Crippen molar-refractivity contribution in [2.24, 2.45) is 35.5 Å². The molecule has 0 spiro atoms. The van der Waals surface area contributed by atoms with Gasteiger partial charge in [-0.2, -0.15) is 0 Å². The van der Waals surface area contributed by atoms with Crippen molar-refractivity contribution in [1.82, 2.24) is 26.6 Å². The number of carbonyl (C=O) groups excluding carboxylic acids is 5. The molecule has 2 aliphatic rings. The minimum Gasteiger partial charge on any atom is -0.508 e. The molecule has 12 nitrogen and oxygen atoms in total. The number of hydrogen-bond acceptors (Lipinski definition) is 7. The largest absolute Gasteiger partial charge is 0.508 e. The lowest BCUT2D eigenvalue weighted by Crippen LogP contribution is -2.46. The normalized spacial score (nSPS) is 21.1. The van der Waals surface area contributed by atoms with Gasteiger partial charge in [-0.05, 0) is 120 Å². The Balaban J connectivity index is 1.27. The fraction of sp³-hybridized carbons (Fsp3) is 0.653. The van der Waals surface area contributed by atoms with Crippen molar-refractivity contribution in [2.75, 3.05) is 19.6 Å². The van der Waals surface area contributed by atoms with Crippen molar-refractivity contribution in [3.05, 3.63) is 65.7 Å². The van der Waals surface area contributed by atoms with Gasteiger partial charge in [0.1, 0.15) is 11.4 Å². The standard InChI is InChI=1S/C49H75N5O7/c1-7-38(28-35-22-25-40(55)26-23-35)53-46(58)41(8-2)33(3)30-51-45(57)42-20-14-12-18-36(42)31-50-44(56)27-24-39(29-34-16-10-9-11-17-34)54-47(59)43-21-15-13-19-37(43)32-52-48(60)61-49(4,5)6/h9-11,16-17,22-23,25-26,33,36-39,41-43,55H,7-8,12-15,18-21,24,27-32H2,1-6H3,(H,50,56)(H,51,57)(H,52,60)(H,53,58)(H,54,59)/t33?,36?,37?,38-,39-,41?,42?,43?/m1/s1. The van der Waals surface area contributed by atoms with Crippen molar-refractivity contribution in [2.45, 2.75) is 149 Å². The first-order valence-corrected chi connectivity index (χ1v) is 23.1. The molecule has 5 amide bonds. The number of ether oxygens (including phenoxy) is 1. The highest BCUT2D eigenvalue weighted by molar-refractivity contribution is 5.81. The molecule has 0 bridgehead atoms. The van der Waals surface area contributed by atoms with Gasteiger partial charge in [-0.1, -0.05) is 88.9 Å². The molecule has 8 atom stereocenters. The van der Waals surface area contributed by atoms with E-state index in [1.165, 1.54) is 0 Å². The summed E-state index contributed by atoms with van der Waals surface area (Å²) in [5.41, 5.74) is 1.52. The molecule has 338 valence electrons. The minimum atomic E-state index is -0.604. The molecule has 0 aromatic heterocycles. The zero-order chi connectivity index (χ0) is 44.4. The third kappa shape index (κ3) is 17.0. The number of aromatic hydroxyl groups is 1. The zero-order valence-corrected chi connectivity index (χ0v) is 37.7. The summed E-state index contributed by atoms with van der Waals surface area (Å²) in [6.07, 6.45) is 10.0. The lowest BCUT2D eigenvalue weighted by atomic mass is 9.78. The maximum absolute atomic E-state index is 13.8. The summed E-state index contributed by atoms with van der Waals surface area (Å²) in [4.78, 5) is 66.7. The molecule has 0 heterocycles. The van der Waals surface area contributed by atoms with Crippen LogP contribution < -0.4 is 26.6 Å². The predicted octanol–water partition coefficient (Wildman–Crippen LogP) is 7.37. The van der Waals surface area contributed by atoms with E-state index in [0.29, 0.717) is 45.3 Å². The van der Waals surface area contributed by atoms with Crippen LogP contribution >= 0.6 is 0 Å². The van der Waals surface area contributed by atoms with Gasteiger partial charge in [0.15, 0.2) is 0 Å². The molecule has 0 radical (unpaired) electrons. The average Bonchev–Trinajstić information content (AvgIpc) is 3.23. The summed E-state index contributed by atoms with van der Waals surface area (Å²) < 4.78 is 5.43. The van der Waals surface area contributed by atoms with Gasteiger partial charge in [-0.25, -0.2) is 4.79 Å². The van der Waals surface area contributed by atoms with Gasteiger partial charge in [0.05, 0.1) is 0 Å². The number of phenolic OH excluding ortho intramolecular Hbond substituents is 1. The summed E-state index contributed by atoms with van der Waals surface area (Å²) in [5, 5.41) is 25.3. The summed E-state index contributed by atoms with van der Waals surface area (Å²) in [6.45, 7) is 12.7. The number of alkyl carbamates (subject to hydrolysis) is 1. The predicted molar refractivity (Wildman–Crippen MR) is 239 cm³/mol. The third-order valence-corrected chi connectivity index (χ3v) is 12.7. The molecule has 2 saturated carbocycles. The molecule has 2 fully saturated rings. The molecule has 2 aromatic carbocycles. The Morgan fingerprint density at radius 3 is 1.89 bits per heavy atom. The van der Waals surface area contributed by atoms with Crippen LogP contribution in [0.3, 0.4) is 0 Å². The molecule has 4 rings (SSSR count). The lowest BCUT2D eigenvalue weighted by molar-refractivity contribution is -0.130. The summed E-state index contributed by atoms with van der Waals surface area (Å²) >= 11 is 0. The van der Waals surface area contributed by atoms with E-state index < -0.39 is 11.7 Å². The number of hydrogen-bond donors (Lipinski definition) is 6. The van der Waals surface area contributed by atoms with Crippen LogP contribution in [0.4, 0.5) is 4.79 Å². The van der Waals surface area contributed by atoms with E-state index in [1.807, 2.05) is 84.0 Å². The molecule has 2 aromatic rings. The molecular weight excluding hydrogens is 771 g/mol. The second-order valence-corrected chi connectivity index (χ2v) is 18.6. The van der Waals surface area contributed by atoms with E-state index in [9.17, 15) is 29.1 Å². The first-order valence-electron chi connectivity index (χ1n) is 23.1. The number of phenols is 1. The van der Waals surface area contributed by atoms with Crippen LogP contribution in [0.2, 0.25) is 0 Å². The van der Waals surface area contributed by atoms with Crippen molar-refractivity contribution in [3.63, 3.8) is 0 Å². The Morgan fingerprint density at radius 2 is 1.28 bits per heavy atom. The molecule has 0 aliphatic heterocycles. The van der Waals surface area contributed by atoms with Crippen molar-refractivity contribution < 1.29 is 33.8 Å². The minimum absolute atomic E-state index is 0.000190. The van der Waals surface area contributed by atoms with Crippen molar-refractivity contribution in [3.8, 4) is 5.75 Å². The van der Waals surface area contributed by atoms with Crippen LogP contribution in [0, 0.1) is 35.5 Å². The number of benzene rings is 2. The van der Waals surface area contributed by atoms with Crippen LogP contribution in [0.25, 0.3) is 0 Å². The lowest BCUT2D eigenvalue weighted by Gasteiger charge is -2.32. The number of rotatable bonds is 21. The smallest absolute Gasteiger partial charge is 0.407 e. The van der Waals surface area contributed by atoms with Crippen LogP contribution in [-0.4, -0.2) is 72.1 Å². The van der Waals surface area contributed by atoms with Crippen LogP contribution in [0.5, 0.6) is 5.75 Å². The summed E-state index contributed by atoms with van der Waals surface area (Å²) in [5.74, 6) is -0.720. The SMILES string of the molecule is CCC(C(=O)N[C@H](CC)Cc1ccc(O)cc1)C(C)CNC(=O)C1CCCCC1CNC(=O)CC[C@H](Cc1ccccc1)NC(=O)C1CCCCC1CNC(=O)OC(C)(C)C. The van der Waals surface area contributed by atoms with Gasteiger partial charge in [-0.15, -0.1) is 0 Å². The molecular formula is C49H75N5O7. The van der Waals surface area contributed by atoms with Crippen molar-refractivity contribution >= 4 is 29.7 Å². The molecule has 6 unspecified atom stereocenters. The second-order valence-electron chi connectivity index (χ2n) is 18.6. The van der Waals surface area contributed by atoms with Crippen LogP contribution in [-0.2, 0) is 36.8 Å². The highest BCUT2D eigenvalue weighted by Crippen LogP contribution is 2.32. The first-order chi connectivity index (χ1) is 29.1. The Kier molecular flexibility index (Phi) is 19.9. The Bertz CT molecular complexity index is 1680. The summed E-state index contributed by atoms with van der Waals surface area (Å²) in [7, 11) is 0. The fourth-order valence-electron chi connectivity index (χ4n) is 9.10. The van der Waals surface area contributed by atoms with E-state index in [-0.39, 0.29) is 83.4 Å². The van der Waals surface area contributed by atoms with Gasteiger partial charge >= 0.3 is 6.09 Å². The van der Waals surface area contributed by atoms with Crippen LogP contribution in [0.1, 0.15) is 130 Å². The highest BCUT2D eigenvalue weighted by atomic mass is 16.6. The molecule has 0 saturated heterocycles. The molecule has 6 N–H and O–H groups in total. The van der Waals surface area contributed by atoms with Crippen LogP contribution in [0.15, 0.2) is 54.6 Å². The monoisotopic (exact) mass is 846 g/mol. The summed E-state index contributed by atoms with van der Waals surface area (Å²) in [6, 6.07) is 16.7. The quantitative estimate of drug-likeness (QED) is 0.0761. The van der Waals surface area contributed by atoms with E-state index in [1.54, 1.807) is 12.1 Å². The maximum Gasteiger partial charge on any atom is 0.407 e. The van der Waals surface area contributed by atoms with Gasteiger partial charge in [-0.3, -0.25) is 19.2 Å². The highest BCUT2D eigenvalue weighted by Gasteiger charge is 2.34. The first kappa shape index (κ1) is 49.0. The molecule has 12 heteroatoms. The maximum atomic E-state index is 13.8. The average molecular weight is 846 g/mol.